The Morgan fingerprint density at radius 1 is 0.972 bits per heavy atom. The number of ether oxygens (including phenoxy) is 1. The number of hydrogen-bond donors (Lipinski definition) is 1. The van der Waals surface area contributed by atoms with Crippen LogP contribution in [0.25, 0.3) is 10.9 Å². The van der Waals surface area contributed by atoms with Crippen molar-refractivity contribution in [3.63, 3.8) is 0 Å². The molecular formula is C28H32N4O4. The van der Waals surface area contributed by atoms with Crippen LogP contribution in [0.3, 0.4) is 0 Å². The maximum absolute atomic E-state index is 13.0. The largest absolute Gasteiger partial charge is 0.452 e. The minimum atomic E-state index is -0.623. The van der Waals surface area contributed by atoms with E-state index in [1.165, 1.54) is 12.8 Å². The molecule has 2 aromatic carbocycles. The highest BCUT2D eigenvalue weighted by molar-refractivity contribution is 5.97. The lowest BCUT2D eigenvalue weighted by Crippen LogP contribution is -2.26. The number of rotatable bonds is 5. The SMILES string of the molecule is Cc1cc(N2CCCC2)ccc1NC(=O)COC(=O)c1ccc2c(=O)n3c(nc2c1)CCCCCC3. The molecule has 36 heavy (non-hydrogen) atoms. The summed E-state index contributed by atoms with van der Waals surface area (Å²) in [6.07, 6.45) is 7.36. The first-order valence-corrected chi connectivity index (χ1v) is 12.9. The standard InChI is InChI=1S/C28H32N4O4/c1-19-16-21(31-13-6-7-14-31)10-12-23(19)30-26(33)18-36-28(35)20-9-11-22-24(17-20)29-25-8-4-2-3-5-15-32(25)27(22)34/h9-12,16-17H,2-8,13-15,18H2,1H3,(H,30,33). The molecule has 0 radical (unpaired) electrons. The number of anilines is 2. The van der Waals surface area contributed by atoms with Crippen LogP contribution in [0.5, 0.6) is 0 Å². The lowest BCUT2D eigenvalue weighted by atomic mass is 10.1. The number of carbonyl (C=O) groups is 2. The van der Waals surface area contributed by atoms with Gasteiger partial charge in [0.05, 0.1) is 16.5 Å². The average molecular weight is 489 g/mol. The van der Waals surface area contributed by atoms with Crippen molar-refractivity contribution < 1.29 is 14.3 Å². The molecule has 1 fully saturated rings. The van der Waals surface area contributed by atoms with E-state index in [9.17, 15) is 14.4 Å². The molecule has 0 spiro atoms. The summed E-state index contributed by atoms with van der Waals surface area (Å²) in [4.78, 5) is 45.1. The van der Waals surface area contributed by atoms with Crippen LogP contribution in [0.1, 0.15) is 60.3 Å². The number of amides is 1. The third kappa shape index (κ3) is 5.12. The fourth-order valence-electron chi connectivity index (χ4n) is 5.08. The van der Waals surface area contributed by atoms with E-state index < -0.39 is 18.5 Å². The van der Waals surface area contributed by atoms with Crippen molar-refractivity contribution >= 4 is 34.2 Å². The van der Waals surface area contributed by atoms with Crippen molar-refractivity contribution in [3.8, 4) is 0 Å². The molecule has 2 aliphatic rings. The lowest BCUT2D eigenvalue weighted by molar-refractivity contribution is -0.119. The predicted octanol–water partition coefficient (Wildman–Crippen LogP) is 4.22. The number of nitrogens with zero attached hydrogens (tertiary/aromatic N) is 3. The zero-order valence-corrected chi connectivity index (χ0v) is 20.7. The zero-order chi connectivity index (χ0) is 25.1. The van der Waals surface area contributed by atoms with Crippen LogP contribution >= 0.6 is 0 Å². The summed E-state index contributed by atoms with van der Waals surface area (Å²) in [6.45, 7) is 4.35. The molecule has 0 bridgehead atoms. The Labute approximate surface area is 210 Å². The Kier molecular flexibility index (Phi) is 7.02. The monoisotopic (exact) mass is 488 g/mol. The van der Waals surface area contributed by atoms with Crippen LogP contribution in [0.15, 0.2) is 41.2 Å². The highest BCUT2D eigenvalue weighted by Crippen LogP contribution is 2.25. The van der Waals surface area contributed by atoms with Crippen LogP contribution in [0.2, 0.25) is 0 Å². The zero-order valence-electron chi connectivity index (χ0n) is 20.7. The molecule has 5 rings (SSSR count). The smallest absolute Gasteiger partial charge is 0.338 e. The van der Waals surface area contributed by atoms with E-state index in [0.29, 0.717) is 23.1 Å². The van der Waals surface area contributed by atoms with Crippen molar-refractivity contribution in [1.29, 1.82) is 0 Å². The van der Waals surface area contributed by atoms with Crippen LogP contribution in [-0.2, 0) is 22.5 Å². The summed E-state index contributed by atoms with van der Waals surface area (Å²) in [5.74, 6) is -0.260. The van der Waals surface area contributed by atoms with E-state index in [4.69, 9.17) is 9.72 Å². The Morgan fingerprint density at radius 3 is 2.56 bits per heavy atom. The van der Waals surface area contributed by atoms with E-state index >= 15 is 0 Å². The van der Waals surface area contributed by atoms with Crippen molar-refractivity contribution in [3.05, 3.63) is 63.7 Å². The van der Waals surface area contributed by atoms with Crippen molar-refractivity contribution in [2.45, 2.75) is 58.4 Å². The van der Waals surface area contributed by atoms with Gasteiger partial charge >= 0.3 is 5.97 Å². The Bertz CT molecular complexity index is 1360. The summed E-state index contributed by atoms with van der Waals surface area (Å²) in [5, 5.41) is 3.31. The second-order valence-electron chi connectivity index (χ2n) is 9.70. The van der Waals surface area contributed by atoms with E-state index in [1.807, 2.05) is 19.1 Å². The van der Waals surface area contributed by atoms with Gasteiger partial charge in [0.25, 0.3) is 11.5 Å². The first-order chi connectivity index (χ1) is 17.5. The van der Waals surface area contributed by atoms with Gasteiger partial charge in [-0.15, -0.1) is 0 Å². The maximum atomic E-state index is 13.0. The number of carbonyl (C=O) groups excluding carboxylic acids is 2. The molecule has 0 aliphatic carbocycles. The number of aromatic nitrogens is 2. The molecule has 0 saturated carbocycles. The Morgan fingerprint density at radius 2 is 1.75 bits per heavy atom. The van der Waals surface area contributed by atoms with Gasteiger partial charge in [-0.2, -0.15) is 0 Å². The molecule has 8 nitrogen and oxygen atoms in total. The van der Waals surface area contributed by atoms with Gasteiger partial charge in [0.15, 0.2) is 6.61 Å². The van der Waals surface area contributed by atoms with Gasteiger partial charge in [-0.05, 0) is 74.6 Å². The van der Waals surface area contributed by atoms with Gasteiger partial charge in [0, 0.05) is 37.4 Å². The first-order valence-electron chi connectivity index (χ1n) is 12.9. The summed E-state index contributed by atoms with van der Waals surface area (Å²) in [5.41, 5.74) is 3.50. The topological polar surface area (TPSA) is 93.5 Å². The molecule has 188 valence electrons. The highest BCUT2D eigenvalue weighted by Gasteiger charge is 2.17. The maximum Gasteiger partial charge on any atom is 0.338 e. The van der Waals surface area contributed by atoms with Gasteiger partial charge in [-0.1, -0.05) is 12.8 Å². The molecule has 2 aliphatic heterocycles. The Hall–Kier alpha value is -3.68. The molecule has 1 N–H and O–H groups in total. The lowest BCUT2D eigenvalue weighted by Gasteiger charge is -2.19. The molecule has 1 saturated heterocycles. The first kappa shape index (κ1) is 24.0. The number of nitrogens with one attached hydrogen (secondary N) is 1. The van der Waals surface area contributed by atoms with E-state index in [2.05, 4.69) is 16.3 Å². The minimum Gasteiger partial charge on any atom is -0.452 e. The quantitative estimate of drug-likeness (QED) is 0.541. The normalized spacial score (nSPS) is 15.8. The average Bonchev–Trinajstić information content (AvgIpc) is 3.40. The van der Waals surface area contributed by atoms with Crippen LogP contribution < -0.4 is 15.8 Å². The fourth-order valence-corrected chi connectivity index (χ4v) is 5.08. The summed E-state index contributed by atoms with van der Waals surface area (Å²) in [6, 6.07) is 10.7. The van der Waals surface area contributed by atoms with E-state index in [-0.39, 0.29) is 11.1 Å². The van der Waals surface area contributed by atoms with Gasteiger partial charge in [-0.3, -0.25) is 14.2 Å². The summed E-state index contributed by atoms with van der Waals surface area (Å²) < 4.78 is 7.03. The van der Waals surface area contributed by atoms with E-state index in [1.54, 1.807) is 22.8 Å². The van der Waals surface area contributed by atoms with E-state index in [0.717, 1.165) is 62.3 Å². The second kappa shape index (κ2) is 10.5. The summed E-state index contributed by atoms with van der Waals surface area (Å²) in [7, 11) is 0. The van der Waals surface area contributed by atoms with Crippen molar-refractivity contribution in [2.75, 3.05) is 29.9 Å². The van der Waals surface area contributed by atoms with Gasteiger partial charge in [0.2, 0.25) is 0 Å². The molecular weight excluding hydrogens is 456 g/mol. The van der Waals surface area contributed by atoms with Crippen molar-refractivity contribution in [1.82, 2.24) is 9.55 Å². The van der Waals surface area contributed by atoms with Gasteiger partial charge < -0.3 is 15.0 Å². The third-order valence-electron chi connectivity index (χ3n) is 7.09. The molecule has 3 aromatic rings. The number of benzene rings is 2. The van der Waals surface area contributed by atoms with Crippen LogP contribution in [-0.4, -0.2) is 41.1 Å². The molecule has 8 heteroatoms. The molecule has 1 aromatic heterocycles. The highest BCUT2D eigenvalue weighted by atomic mass is 16.5. The van der Waals surface area contributed by atoms with Gasteiger partial charge in [0.1, 0.15) is 5.82 Å². The van der Waals surface area contributed by atoms with Crippen molar-refractivity contribution in [2.24, 2.45) is 0 Å². The number of hydrogen-bond acceptors (Lipinski definition) is 6. The predicted molar refractivity (Wildman–Crippen MR) is 140 cm³/mol. The molecule has 1 amide bonds. The minimum absolute atomic E-state index is 0.0673. The third-order valence-corrected chi connectivity index (χ3v) is 7.09. The molecule has 0 unspecified atom stereocenters. The van der Waals surface area contributed by atoms with Crippen LogP contribution in [0.4, 0.5) is 11.4 Å². The number of fused-ring (bicyclic) bond motifs is 2. The Balaban J connectivity index is 1.24. The number of esters is 1. The fraction of sp³-hybridized carbons (Fsp3) is 0.429. The summed E-state index contributed by atoms with van der Waals surface area (Å²) >= 11 is 0. The van der Waals surface area contributed by atoms with Crippen LogP contribution in [0, 0.1) is 6.92 Å². The van der Waals surface area contributed by atoms with Gasteiger partial charge in [-0.25, -0.2) is 9.78 Å². The molecule has 0 atom stereocenters. The number of aryl methyl sites for hydroxylation is 2. The molecule has 3 heterocycles. The second-order valence-corrected chi connectivity index (χ2v) is 9.70.